The van der Waals surface area contributed by atoms with Crippen molar-refractivity contribution >= 4 is 0 Å². The SMILES string of the molecule is C[C@@H](CCOCc1ccccc1)C[C@@H]1CCC[C@H](CC2COC(C)(C)O2)O1. The lowest BCUT2D eigenvalue weighted by molar-refractivity contribution is -0.146. The third-order valence-electron chi connectivity index (χ3n) is 5.56. The van der Waals surface area contributed by atoms with E-state index in [2.05, 4.69) is 31.2 Å². The van der Waals surface area contributed by atoms with E-state index in [1.165, 1.54) is 18.4 Å². The van der Waals surface area contributed by atoms with Crippen LogP contribution in [0.15, 0.2) is 30.3 Å². The maximum absolute atomic E-state index is 6.39. The summed E-state index contributed by atoms with van der Waals surface area (Å²) < 4.78 is 23.9. The molecule has 4 nitrogen and oxygen atoms in total. The summed E-state index contributed by atoms with van der Waals surface area (Å²) in [5.74, 6) is 0.182. The molecule has 2 aliphatic heterocycles. The highest BCUT2D eigenvalue weighted by Crippen LogP contribution is 2.31. The highest BCUT2D eigenvalue weighted by molar-refractivity contribution is 5.13. The van der Waals surface area contributed by atoms with Crippen LogP contribution in [0.1, 0.15) is 64.9 Å². The van der Waals surface area contributed by atoms with E-state index in [4.69, 9.17) is 18.9 Å². The fourth-order valence-corrected chi connectivity index (χ4v) is 4.12. The van der Waals surface area contributed by atoms with Gasteiger partial charge in [-0.1, -0.05) is 37.3 Å². The lowest BCUT2D eigenvalue weighted by Crippen LogP contribution is -2.33. The predicted octanol–water partition coefficient (Wildman–Crippen LogP) is 5.10. The van der Waals surface area contributed by atoms with Crippen LogP contribution in [0.3, 0.4) is 0 Å². The van der Waals surface area contributed by atoms with Crippen molar-refractivity contribution in [1.29, 1.82) is 0 Å². The molecule has 1 unspecified atom stereocenters. The van der Waals surface area contributed by atoms with Crippen molar-refractivity contribution in [3.63, 3.8) is 0 Å². The average Bonchev–Trinajstić information content (AvgIpc) is 2.98. The molecule has 0 aliphatic carbocycles. The molecule has 0 bridgehead atoms. The molecular formula is C23H36O4. The molecule has 4 heteroatoms. The van der Waals surface area contributed by atoms with E-state index < -0.39 is 5.79 Å². The van der Waals surface area contributed by atoms with Crippen molar-refractivity contribution in [3.05, 3.63) is 35.9 Å². The quantitative estimate of drug-likeness (QED) is 0.562. The van der Waals surface area contributed by atoms with E-state index >= 15 is 0 Å². The van der Waals surface area contributed by atoms with Crippen molar-refractivity contribution in [2.75, 3.05) is 13.2 Å². The minimum Gasteiger partial charge on any atom is -0.377 e. The number of hydrogen-bond donors (Lipinski definition) is 0. The van der Waals surface area contributed by atoms with Gasteiger partial charge in [-0.3, -0.25) is 0 Å². The monoisotopic (exact) mass is 376 g/mol. The molecule has 0 spiro atoms. The molecule has 1 aromatic carbocycles. The molecule has 0 amide bonds. The standard InChI is InChI=1S/C23H36O4/c1-18(12-13-24-16-19-8-5-4-6-9-19)14-20-10-7-11-21(26-20)15-22-17-25-23(2,3)27-22/h4-6,8-9,18,20-22H,7,10-17H2,1-3H3/t18-,20-,21+,22?/m0/s1. The smallest absolute Gasteiger partial charge is 0.163 e. The maximum atomic E-state index is 6.39. The summed E-state index contributed by atoms with van der Waals surface area (Å²) in [6.45, 7) is 8.49. The van der Waals surface area contributed by atoms with Gasteiger partial charge in [-0.15, -0.1) is 0 Å². The third-order valence-corrected chi connectivity index (χ3v) is 5.56. The van der Waals surface area contributed by atoms with E-state index in [9.17, 15) is 0 Å². The second-order valence-electron chi connectivity index (χ2n) is 8.67. The Labute approximate surface area is 164 Å². The van der Waals surface area contributed by atoms with E-state index in [0.29, 0.717) is 31.3 Å². The van der Waals surface area contributed by atoms with Gasteiger partial charge in [-0.05, 0) is 57.4 Å². The van der Waals surface area contributed by atoms with E-state index in [0.717, 1.165) is 32.3 Å². The Morgan fingerprint density at radius 2 is 1.89 bits per heavy atom. The van der Waals surface area contributed by atoms with Crippen LogP contribution in [-0.2, 0) is 25.6 Å². The van der Waals surface area contributed by atoms with E-state index in [-0.39, 0.29) is 6.10 Å². The summed E-state index contributed by atoms with van der Waals surface area (Å²) in [5, 5.41) is 0. The average molecular weight is 377 g/mol. The molecule has 4 atom stereocenters. The minimum atomic E-state index is -0.438. The van der Waals surface area contributed by atoms with E-state index in [1.807, 2.05) is 19.9 Å². The molecule has 27 heavy (non-hydrogen) atoms. The molecule has 152 valence electrons. The van der Waals surface area contributed by atoms with Crippen LogP contribution >= 0.6 is 0 Å². The molecule has 0 N–H and O–H groups in total. The van der Waals surface area contributed by atoms with Gasteiger partial charge < -0.3 is 18.9 Å². The topological polar surface area (TPSA) is 36.9 Å². The summed E-state index contributed by atoms with van der Waals surface area (Å²) in [7, 11) is 0. The van der Waals surface area contributed by atoms with Gasteiger partial charge in [0, 0.05) is 13.0 Å². The molecule has 0 aromatic heterocycles. The molecule has 2 heterocycles. The van der Waals surface area contributed by atoms with Crippen LogP contribution < -0.4 is 0 Å². The maximum Gasteiger partial charge on any atom is 0.163 e. The van der Waals surface area contributed by atoms with Crippen molar-refractivity contribution in [1.82, 2.24) is 0 Å². The number of benzene rings is 1. The molecular weight excluding hydrogens is 340 g/mol. The summed E-state index contributed by atoms with van der Waals surface area (Å²) in [5.41, 5.74) is 1.24. The third kappa shape index (κ3) is 7.19. The van der Waals surface area contributed by atoms with Gasteiger partial charge >= 0.3 is 0 Å². The molecule has 0 radical (unpaired) electrons. The fraction of sp³-hybridized carbons (Fsp3) is 0.739. The van der Waals surface area contributed by atoms with Gasteiger partial charge in [0.25, 0.3) is 0 Å². The predicted molar refractivity (Wildman–Crippen MR) is 107 cm³/mol. The molecule has 2 fully saturated rings. The van der Waals surface area contributed by atoms with Crippen molar-refractivity contribution in [3.8, 4) is 0 Å². The van der Waals surface area contributed by atoms with Crippen LogP contribution in [0.2, 0.25) is 0 Å². The second kappa shape index (κ2) is 10.0. The second-order valence-corrected chi connectivity index (χ2v) is 8.67. The Morgan fingerprint density at radius 3 is 2.63 bits per heavy atom. The Bertz CT molecular complexity index is 545. The number of rotatable bonds is 9. The zero-order chi connectivity index (χ0) is 19.1. The first kappa shape index (κ1) is 20.8. The largest absolute Gasteiger partial charge is 0.377 e. The molecule has 2 saturated heterocycles. The minimum absolute atomic E-state index is 0.174. The zero-order valence-electron chi connectivity index (χ0n) is 17.2. The summed E-state index contributed by atoms with van der Waals surface area (Å²) in [4.78, 5) is 0. The summed E-state index contributed by atoms with van der Waals surface area (Å²) in [6.07, 6.45) is 7.61. The molecule has 3 rings (SSSR count). The highest BCUT2D eigenvalue weighted by Gasteiger charge is 2.35. The first-order valence-electron chi connectivity index (χ1n) is 10.6. The van der Waals surface area contributed by atoms with Crippen molar-refractivity contribution in [2.45, 2.75) is 90.0 Å². The van der Waals surface area contributed by atoms with E-state index in [1.54, 1.807) is 0 Å². The normalized spacial score (nSPS) is 28.9. The number of ether oxygens (including phenoxy) is 4. The summed E-state index contributed by atoms with van der Waals surface area (Å²) in [6, 6.07) is 10.4. The Balaban J connectivity index is 1.31. The lowest BCUT2D eigenvalue weighted by Gasteiger charge is -2.32. The molecule has 1 aromatic rings. The van der Waals surface area contributed by atoms with Crippen LogP contribution in [0.4, 0.5) is 0 Å². The van der Waals surface area contributed by atoms with Gasteiger partial charge in [-0.2, -0.15) is 0 Å². The van der Waals surface area contributed by atoms with Crippen LogP contribution in [0.5, 0.6) is 0 Å². The lowest BCUT2D eigenvalue weighted by atomic mass is 9.93. The molecule has 0 saturated carbocycles. The van der Waals surface area contributed by atoms with Gasteiger partial charge in [0.2, 0.25) is 0 Å². The number of hydrogen-bond acceptors (Lipinski definition) is 4. The Morgan fingerprint density at radius 1 is 1.11 bits per heavy atom. The van der Waals surface area contributed by atoms with Gasteiger partial charge in [0.1, 0.15) is 0 Å². The van der Waals surface area contributed by atoms with Crippen molar-refractivity contribution in [2.24, 2.45) is 5.92 Å². The Hall–Kier alpha value is -0.940. The first-order valence-corrected chi connectivity index (χ1v) is 10.6. The van der Waals surface area contributed by atoms with Crippen LogP contribution in [0, 0.1) is 5.92 Å². The fourth-order valence-electron chi connectivity index (χ4n) is 4.12. The van der Waals surface area contributed by atoms with Gasteiger partial charge in [-0.25, -0.2) is 0 Å². The first-order chi connectivity index (χ1) is 13.0. The highest BCUT2D eigenvalue weighted by atomic mass is 16.7. The van der Waals surface area contributed by atoms with Gasteiger partial charge in [0.15, 0.2) is 5.79 Å². The van der Waals surface area contributed by atoms with Crippen LogP contribution in [0.25, 0.3) is 0 Å². The van der Waals surface area contributed by atoms with Crippen molar-refractivity contribution < 1.29 is 18.9 Å². The summed E-state index contributed by atoms with van der Waals surface area (Å²) >= 11 is 0. The van der Waals surface area contributed by atoms with Crippen LogP contribution in [-0.4, -0.2) is 37.3 Å². The zero-order valence-corrected chi connectivity index (χ0v) is 17.2. The Kier molecular flexibility index (Phi) is 7.71. The molecule has 2 aliphatic rings. The van der Waals surface area contributed by atoms with Gasteiger partial charge in [0.05, 0.1) is 31.5 Å².